The number of halogens is 1. The summed E-state index contributed by atoms with van der Waals surface area (Å²) in [6.07, 6.45) is 2.97. The topological polar surface area (TPSA) is 58.4 Å². The zero-order chi connectivity index (χ0) is 15.1. The lowest BCUT2D eigenvalue weighted by atomic mass is 10.1. The maximum atomic E-state index is 12.3. The van der Waals surface area contributed by atoms with Crippen molar-refractivity contribution in [1.82, 2.24) is 4.90 Å². The van der Waals surface area contributed by atoms with E-state index in [-0.39, 0.29) is 11.9 Å². The van der Waals surface area contributed by atoms with Crippen LogP contribution >= 0.6 is 11.6 Å². The van der Waals surface area contributed by atoms with Gasteiger partial charge in [0.25, 0.3) is 0 Å². The highest BCUT2D eigenvalue weighted by molar-refractivity contribution is 6.34. The van der Waals surface area contributed by atoms with Gasteiger partial charge in [0.1, 0.15) is 0 Å². The van der Waals surface area contributed by atoms with E-state index in [2.05, 4.69) is 17.1 Å². The molecule has 5 heteroatoms. The van der Waals surface area contributed by atoms with Gasteiger partial charge >= 0.3 is 0 Å². The molecule has 112 valence electrons. The lowest BCUT2D eigenvalue weighted by Gasteiger charge is -2.26. The van der Waals surface area contributed by atoms with Crippen LogP contribution in [0, 0.1) is 0 Å². The summed E-state index contributed by atoms with van der Waals surface area (Å²) in [5, 5.41) is 3.34. The number of nitrogen functional groups attached to an aromatic ring is 1. The number of carbonyl (C=O) groups excluding carboxylic acids is 1. The van der Waals surface area contributed by atoms with Crippen molar-refractivity contribution in [3.8, 4) is 0 Å². The van der Waals surface area contributed by atoms with E-state index in [0.717, 1.165) is 25.8 Å². The number of likely N-dealkylation sites (N-methyl/N-ethyl adjacent to an activating group) is 1. The number of benzene rings is 1. The van der Waals surface area contributed by atoms with Gasteiger partial charge in [-0.25, -0.2) is 0 Å². The van der Waals surface area contributed by atoms with Gasteiger partial charge in [-0.3, -0.25) is 9.69 Å². The predicted octanol–water partition coefficient (Wildman–Crippen LogP) is 3.37. The van der Waals surface area contributed by atoms with Crippen LogP contribution in [0.3, 0.4) is 0 Å². The molecule has 0 aliphatic rings. The Kier molecular flexibility index (Phi) is 6.82. The lowest BCUT2D eigenvalue weighted by molar-refractivity contribution is -0.121. The van der Waals surface area contributed by atoms with Gasteiger partial charge in [-0.05, 0) is 44.6 Å². The number of hydrogen-bond donors (Lipinski definition) is 2. The molecule has 0 aromatic heterocycles. The van der Waals surface area contributed by atoms with Crippen molar-refractivity contribution < 1.29 is 4.79 Å². The first-order valence-electron chi connectivity index (χ1n) is 7.05. The van der Waals surface area contributed by atoms with Crippen molar-refractivity contribution in [1.29, 1.82) is 0 Å². The zero-order valence-corrected chi connectivity index (χ0v) is 13.2. The van der Waals surface area contributed by atoms with Crippen LogP contribution in [0.25, 0.3) is 0 Å². The molecular weight excluding hydrogens is 274 g/mol. The highest BCUT2D eigenvalue weighted by Crippen LogP contribution is 2.24. The monoisotopic (exact) mass is 297 g/mol. The summed E-state index contributed by atoms with van der Waals surface area (Å²) in [6, 6.07) is 4.95. The van der Waals surface area contributed by atoms with Gasteiger partial charge in [0.2, 0.25) is 5.91 Å². The normalized spacial score (nSPS) is 12.4. The van der Waals surface area contributed by atoms with E-state index in [0.29, 0.717) is 16.4 Å². The lowest BCUT2D eigenvalue weighted by Crippen LogP contribution is -2.41. The SMILES string of the molecule is CCCCN(C)C(CC)C(=O)Nc1ccc(N)cc1Cl. The molecule has 0 bridgehead atoms. The molecule has 1 rings (SSSR count). The van der Waals surface area contributed by atoms with E-state index < -0.39 is 0 Å². The van der Waals surface area contributed by atoms with E-state index in [4.69, 9.17) is 17.3 Å². The largest absolute Gasteiger partial charge is 0.399 e. The number of nitrogens with one attached hydrogen (secondary N) is 1. The number of amides is 1. The molecule has 0 heterocycles. The Balaban J connectivity index is 2.71. The fraction of sp³-hybridized carbons (Fsp3) is 0.533. The van der Waals surface area contributed by atoms with Crippen molar-refractivity contribution in [3.05, 3.63) is 23.2 Å². The molecule has 4 nitrogen and oxygen atoms in total. The second-order valence-corrected chi connectivity index (χ2v) is 5.39. The molecule has 20 heavy (non-hydrogen) atoms. The molecule has 1 aromatic rings. The smallest absolute Gasteiger partial charge is 0.241 e. The van der Waals surface area contributed by atoms with Crippen LogP contribution in [-0.2, 0) is 4.79 Å². The standard InChI is InChI=1S/C15H24ClN3O/c1-4-6-9-19(3)14(5-2)15(20)18-13-8-7-11(17)10-12(13)16/h7-8,10,14H,4-6,9,17H2,1-3H3,(H,18,20). The maximum Gasteiger partial charge on any atom is 0.241 e. The van der Waals surface area contributed by atoms with Crippen molar-refractivity contribution in [2.45, 2.75) is 39.2 Å². The first-order chi connectivity index (χ1) is 9.49. The third-order valence-electron chi connectivity index (χ3n) is 3.34. The van der Waals surface area contributed by atoms with Crippen LogP contribution in [0.1, 0.15) is 33.1 Å². The summed E-state index contributed by atoms with van der Waals surface area (Å²) < 4.78 is 0. The van der Waals surface area contributed by atoms with Crippen LogP contribution in [0.15, 0.2) is 18.2 Å². The van der Waals surface area contributed by atoms with Gasteiger partial charge < -0.3 is 11.1 Å². The van der Waals surface area contributed by atoms with E-state index in [1.54, 1.807) is 18.2 Å². The second kappa shape index (κ2) is 8.12. The van der Waals surface area contributed by atoms with E-state index in [9.17, 15) is 4.79 Å². The number of rotatable bonds is 7. The van der Waals surface area contributed by atoms with Crippen molar-refractivity contribution in [2.75, 3.05) is 24.6 Å². The molecule has 0 aliphatic carbocycles. The van der Waals surface area contributed by atoms with Gasteiger partial charge in [-0.1, -0.05) is 31.9 Å². The molecule has 0 spiro atoms. The number of hydrogen-bond acceptors (Lipinski definition) is 3. The third kappa shape index (κ3) is 4.69. The summed E-state index contributed by atoms with van der Waals surface area (Å²) >= 11 is 6.08. The summed E-state index contributed by atoms with van der Waals surface area (Å²) in [5.74, 6) is -0.0298. The van der Waals surface area contributed by atoms with Crippen molar-refractivity contribution in [3.63, 3.8) is 0 Å². The van der Waals surface area contributed by atoms with Crippen LogP contribution in [-0.4, -0.2) is 30.4 Å². The third-order valence-corrected chi connectivity index (χ3v) is 3.65. The van der Waals surface area contributed by atoms with Gasteiger partial charge in [-0.15, -0.1) is 0 Å². The molecule has 1 atom stereocenters. The van der Waals surface area contributed by atoms with Crippen LogP contribution in [0.5, 0.6) is 0 Å². The summed E-state index contributed by atoms with van der Waals surface area (Å²) in [4.78, 5) is 14.4. The van der Waals surface area contributed by atoms with Crippen LogP contribution in [0.4, 0.5) is 11.4 Å². The average Bonchev–Trinajstić information content (AvgIpc) is 2.40. The minimum absolute atomic E-state index is 0.0298. The summed E-state index contributed by atoms with van der Waals surface area (Å²) in [5.41, 5.74) is 6.83. The molecule has 3 N–H and O–H groups in total. The Bertz CT molecular complexity index is 451. The van der Waals surface area contributed by atoms with Crippen LogP contribution < -0.4 is 11.1 Å². The molecule has 0 radical (unpaired) electrons. The quantitative estimate of drug-likeness (QED) is 0.759. The fourth-order valence-electron chi connectivity index (χ4n) is 2.11. The van der Waals surface area contributed by atoms with Crippen molar-refractivity contribution in [2.24, 2.45) is 0 Å². The van der Waals surface area contributed by atoms with E-state index in [1.807, 2.05) is 14.0 Å². The maximum absolute atomic E-state index is 12.3. The fourth-order valence-corrected chi connectivity index (χ4v) is 2.35. The minimum Gasteiger partial charge on any atom is -0.399 e. The first-order valence-corrected chi connectivity index (χ1v) is 7.43. The molecule has 1 aromatic carbocycles. The Morgan fingerprint density at radius 2 is 2.15 bits per heavy atom. The second-order valence-electron chi connectivity index (χ2n) is 4.99. The predicted molar refractivity (Wildman–Crippen MR) is 86.1 cm³/mol. The van der Waals surface area contributed by atoms with Crippen molar-refractivity contribution >= 4 is 28.9 Å². The van der Waals surface area contributed by atoms with Gasteiger partial charge in [0, 0.05) is 5.69 Å². The molecule has 0 aliphatic heterocycles. The molecule has 0 saturated heterocycles. The highest BCUT2D eigenvalue weighted by Gasteiger charge is 2.21. The molecule has 0 saturated carbocycles. The summed E-state index contributed by atoms with van der Waals surface area (Å²) in [6.45, 7) is 5.07. The number of nitrogens with zero attached hydrogens (tertiary/aromatic N) is 1. The average molecular weight is 298 g/mol. The Labute approximate surface area is 126 Å². The Morgan fingerprint density at radius 3 is 2.70 bits per heavy atom. The molecular formula is C15H24ClN3O. The van der Waals surface area contributed by atoms with Gasteiger partial charge in [-0.2, -0.15) is 0 Å². The van der Waals surface area contributed by atoms with E-state index >= 15 is 0 Å². The zero-order valence-electron chi connectivity index (χ0n) is 12.4. The number of unbranched alkanes of at least 4 members (excludes halogenated alkanes) is 1. The summed E-state index contributed by atoms with van der Waals surface area (Å²) in [7, 11) is 1.98. The van der Waals surface area contributed by atoms with E-state index in [1.165, 1.54) is 0 Å². The molecule has 0 fully saturated rings. The highest BCUT2D eigenvalue weighted by atomic mass is 35.5. The Morgan fingerprint density at radius 1 is 1.45 bits per heavy atom. The number of nitrogens with two attached hydrogens (primary N) is 1. The van der Waals surface area contributed by atoms with Gasteiger partial charge in [0.15, 0.2) is 0 Å². The molecule has 1 amide bonds. The number of carbonyl (C=O) groups is 1. The molecule has 1 unspecified atom stereocenters. The first kappa shape index (κ1) is 16.8. The Hall–Kier alpha value is -1.26. The van der Waals surface area contributed by atoms with Gasteiger partial charge in [0.05, 0.1) is 16.8 Å². The minimum atomic E-state index is -0.143. The number of anilines is 2. The van der Waals surface area contributed by atoms with Crippen LogP contribution in [0.2, 0.25) is 5.02 Å².